The molecular weight excluding hydrogens is 258 g/mol. The van der Waals surface area contributed by atoms with Gasteiger partial charge in [-0.15, -0.1) is 0 Å². The highest BCUT2D eigenvalue weighted by Gasteiger charge is 2.31. The van der Waals surface area contributed by atoms with Crippen LogP contribution in [0.4, 0.5) is 0 Å². The van der Waals surface area contributed by atoms with Crippen molar-refractivity contribution in [2.75, 3.05) is 19.6 Å². The lowest BCUT2D eigenvalue weighted by atomic mass is 9.75. The van der Waals surface area contributed by atoms with Crippen molar-refractivity contribution in [3.8, 4) is 0 Å². The van der Waals surface area contributed by atoms with Gasteiger partial charge in [-0.25, -0.2) is 0 Å². The number of hydrogen-bond acceptors (Lipinski definition) is 2. The lowest BCUT2D eigenvalue weighted by Crippen LogP contribution is -2.43. The summed E-state index contributed by atoms with van der Waals surface area (Å²) < 4.78 is 0. The number of aliphatic hydroxyl groups excluding tert-OH is 1. The molecule has 1 aliphatic carbocycles. The summed E-state index contributed by atoms with van der Waals surface area (Å²) in [6, 6.07) is 6.43. The van der Waals surface area contributed by atoms with Crippen LogP contribution in [0.3, 0.4) is 0 Å². The molecule has 1 aromatic carbocycles. The number of fused-ring (bicyclic) bond motifs is 1. The van der Waals surface area contributed by atoms with Gasteiger partial charge in [-0.2, -0.15) is 0 Å². The van der Waals surface area contributed by atoms with Gasteiger partial charge in [-0.3, -0.25) is 0 Å². The second-order valence-corrected chi connectivity index (χ2v) is 7.29. The Bertz CT molecular complexity index is 464. The minimum Gasteiger partial charge on any atom is -0.387 e. The van der Waals surface area contributed by atoms with E-state index in [9.17, 15) is 5.11 Å². The van der Waals surface area contributed by atoms with Crippen LogP contribution in [0, 0.1) is 25.7 Å². The highest BCUT2D eigenvalue weighted by Crippen LogP contribution is 2.36. The van der Waals surface area contributed by atoms with Crippen LogP contribution < -0.4 is 0 Å². The van der Waals surface area contributed by atoms with Crippen molar-refractivity contribution < 1.29 is 5.11 Å². The van der Waals surface area contributed by atoms with Crippen LogP contribution >= 0.6 is 0 Å². The van der Waals surface area contributed by atoms with Crippen molar-refractivity contribution in [3.63, 3.8) is 0 Å². The standard InChI is InChI=1S/C19H29NO/c1-14-9-15(2)11-18(10-14)19(21)13-20-8-7-16-5-3-4-6-17(16)12-20/h9-11,16-17,19,21H,3-8,12-13H2,1-2H3. The molecule has 2 fully saturated rings. The largest absolute Gasteiger partial charge is 0.387 e. The molecule has 116 valence electrons. The lowest BCUT2D eigenvalue weighted by molar-refractivity contribution is 0.0459. The Kier molecular flexibility index (Phi) is 4.66. The number of β-amino-alcohol motifs (C(OH)–C–C–N with tert-alkyl or cyclic N) is 1. The predicted octanol–water partition coefficient (Wildman–Crippen LogP) is 3.85. The minimum atomic E-state index is -0.344. The normalized spacial score (nSPS) is 28.1. The molecule has 21 heavy (non-hydrogen) atoms. The third kappa shape index (κ3) is 3.67. The molecule has 1 N–H and O–H groups in total. The number of aliphatic hydroxyl groups is 1. The van der Waals surface area contributed by atoms with E-state index in [4.69, 9.17) is 0 Å². The first-order valence-electron chi connectivity index (χ1n) is 8.60. The summed E-state index contributed by atoms with van der Waals surface area (Å²) in [6.45, 7) is 7.38. The number of likely N-dealkylation sites (tertiary alicyclic amines) is 1. The Hall–Kier alpha value is -0.860. The van der Waals surface area contributed by atoms with E-state index in [1.165, 1.54) is 56.3 Å². The second kappa shape index (κ2) is 6.50. The van der Waals surface area contributed by atoms with Crippen molar-refractivity contribution in [2.24, 2.45) is 11.8 Å². The van der Waals surface area contributed by atoms with Crippen molar-refractivity contribution >= 4 is 0 Å². The van der Waals surface area contributed by atoms with Crippen LogP contribution in [-0.2, 0) is 0 Å². The molecule has 0 aromatic heterocycles. The maximum absolute atomic E-state index is 10.6. The zero-order valence-electron chi connectivity index (χ0n) is 13.5. The zero-order valence-corrected chi connectivity index (χ0v) is 13.5. The maximum Gasteiger partial charge on any atom is 0.0917 e. The van der Waals surface area contributed by atoms with Crippen LogP contribution in [0.1, 0.15) is 54.9 Å². The Morgan fingerprint density at radius 2 is 1.71 bits per heavy atom. The van der Waals surface area contributed by atoms with Gasteiger partial charge < -0.3 is 10.0 Å². The summed E-state index contributed by atoms with van der Waals surface area (Å²) in [6.07, 6.45) is 6.69. The fourth-order valence-electron chi connectivity index (χ4n) is 4.39. The molecule has 3 rings (SSSR count). The molecule has 1 heterocycles. The molecule has 1 aliphatic heterocycles. The second-order valence-electron chi connectivity index (χ2n) is 7.29. The fraction of sp³-hybridized carbons (Fsp3) is 0.684. The van der Waals surface area contributed by atoms with E-state index in [-0.39, 0.29) is 6.10 Å². The van der Waals surface area contributed by atoms with Crippen molar-refractivity contribution in [2.45, 2.75) is 52.1 Å². The Balaban J connectivity index is 1.60. The topological polar surface area (TPSA) is 23.5 Å². The summed E-state index contributed by atoms with van der Waals surface area (Å²) in [5, 5.41) is 10.6. The van der Waals surface area contributed by atoms with Gasteiger partial charge >= 0.3 is 0 Å². The average Bonchev–Trinajstić information content (AvgIpc) is 2.46. The molecular formula is C19H29NO. The summed E-state index contributed by atoms with van der Waals surface area (Å²) >= 11 is 0. The molecule has 2 heteroatoms. The molecule has 1 aromatic rings. The summed E-state index contributed by atoms with van der Waals surface area (Å²) in [7, 11) is 0. The molecule has 3 unspecified atom stereocenters. The van der Waals surface area contributed by atoms with Crippen LogP contribution in [0.15, 0.2) is 18.2 Å². The molecule has 1 saturated heterocycles. The number of benzene rings is 1. The molecule has 2 aliphatic rings. The van der Waals surface area contributed by atoms with E-state index in [0.29, 0.717) is 0 Å². The molecule has 3 atom stereocenters. The van der Waals surface area contributed by atoms with Gasteiger partial charge in [0.15, 0.2) is 0 Å². The Morgan fingerprint density at radius 1 is 1.05 bits per heavy atom. The van der Waals surface area contributed by atoms with E-state index in [2.05, 4.69) is 36.9 Å². The number of rotatable bonds is 3. The van der Waals surface area contributed by atoms with Crippen LogP contribution in [0.5, 0.6) is 0 Å². The molecule has 0 bridgehead atoms. The van der Waals surface area contributed by atoms with E-state index < -0.39 is 0 Å². The Morgan fingerprint density at radius 3 is 2.43 bits per heavy atom. The highest BCUT2D eigenvalue weighted by molar-refractivity contribution is 5.30. The van der Waals surface area contributed by atoms with Crippen molar-refractivity contribution in [1.29, 1.82) is 0 Å². The Labute approximate surface area is 129 Å². The van der Waals surface area contributed by atoms with Crippen LogP contribution in [0.25, 0.3) is 0 Å². The average molecular weight is 287 g/mol. The smallest absolute Gasteiger partial charge is 0.0917 e. The first-order valence-corrected chi connectivity index (χ1v) is 8.60. The van der Waals surface area contributed by atoms with Crippen LogP contribution in [0.2, 0.25) is 0 Å². The SMILES string of the molecule is Cc1cc(C)cc(C(O)CN2CCC3CCCCC3C2)c1. The number of aryl methyl sites for hydroxylation is 2. The first-order chi connectivity index (χ1) is 10.1. The number of nitrogens with zero attached hydrogens (tertiary/aromatic N) is 1. The molecule has 2 nitrogen and oxygen atoms in total. The number of hydrogen-bond donors (Lipinski definition) is 1. The van der Waals surface area contributed by atoms with Gasteiger partial charge in [0.05, 0.1) is 6.10 Å². The summed E-state index contributed by atoms with van der Waals surface area (Å²) in [5.41, 5.74) is 3.57. The summed E-state index contributed by atoms with van der Waals surface area (Å²) in [5.74, 6) is 1.85. The molecule has 0 spiro atoms. The van der Waals surface area contributed by atoms with Gasteiger partial charge in [0.1, 0.15) is 0 Å². The lowest BCUT2D eigenvalue weighted by Gasteiger charge is -2.41. The maximum atomic E-state index is 10.6. The fourth-order valence-corrected chi connectivity index (χ4v) is 4.39. The highest BCUT2D eigenvalue weighted by atomic mass is 16.3. The quantitative estimate of drug-likeness (QED) is 0.913. The first kappa shape index (κ1) is 15.1. The minimum absolute atomic E-state index is 0.344. The molecule has 0 amide bonds. The molecule has 1 saturated carbocycles. The van der Waals surface area contributed by atoms with Gasteiger partial charge in [0.25, 0.3) is 0 Å². The predicted molar refractivity (Wildman–Crippen MR) is 87.4 cm³/mol. The monoisotopic (exact) mass is 287 g/mol. The van der Waals surface area contributed by atoms with Crippen molar-refractivity contribution in [3.05, 3.63) is 34.9 Å². The van der Waals surface area contributed by atoms with Gasteiger partial charge in [0.2, 0.25) is 0 Å². The van der Waals surface area contributed by atoms with Gasteiger partial charge in [-0.05, 0) is 50.6 Å². The third-order valence-electron chi connectivity index (χ3n) is 5.44. The summed E-state index contributed by atoms with van der Waals surface area (Å²) in [4.78, 5) is 2.49. The van der Waals surface area contributed by atoms with E-state index >= 15 is 0 Å². The van der Waals surface area contributed by atoms with E-state index in [1.807, 2.05) is 0 Å². The molecule has 0 radical (unpaired) electrons. The van der Waals surface area contributed by atoms with E-state index in [0.717, 1.165) is 23.9 Å². The van der Waals surface area contributed by atoms with E-state index in [1.54, 1.807) is 0 Å². The third-order valence-corrected chi connectivity index (χ3v) is 5.44. The van der Waals surface area contributed by atoms with Crippen LogP contribution in [-0.4, -0.2) is 29.6 Å². The van der Waals surface area contributed by atoms with Crippen molar-refractivity contribution in [1.82, 2.24) is 4.90 Å². The van der Waals surface area contributed by atoms with Gasteiger partial charge in [0, 0.05) is 13.1 Å². The van der Waals surface area contributed by atoms with Gasteiger partial charge in [-0.1, -0.05) is 48.6 Å². The number of piperidine rings is 1. The zero-order chi connectivity index (χ0) is 14.8.